The minimum absolute atomic E-state index is 0.524. The van der Waals surface area contributed by atoms with E-state index in [-0.39, 0.29) is 0 Å². The van der Waals surface area contributed by atoms with Gasteiger partial charge in [0.25, 0.3) is 0 Å². The van der Waals surface area contributed by atoms with Crippen LogP contribution in [0, 0.1) is 13.8 Å². The highest BCUT2D eigenvalue weighted by Gasteiger charge is 2.23. The van der Waals surface area contributed by atoms with E-state index in [1.807, 2.05) is 0 Å². The Labute approximate surface area is 129 Å². The minimum atomic E-state index is 0.524. The van der Waals surface area contributed by atoms with E-state index in [4.69, 9.17) is 10.7 Å². The van der Waals surface area contributed by atoms with Gasteiger partial charge < -0.3 is 10.6 Å². The molecule has 0 spiro atoms. The molecule has 21 heavy (non-hydrogen) atoms. The van der Waals surface area contributed by atoms with Crippen LogP contribution in [0.5, 0.6) is 0 Å². The van der Waals surface area contributed by atoms with Crippen LogP contribution in [0.2, 0.25) is 0 Å². The molecular weight excluding hydrogens is 282 g/mol. The minimum Gasteiger partial charge on any atom is -0.383 e. The first-order valence-corrected chi connectivity index (χ1v) is 8.22. The molecule has 1 aliphatic rings. The van der Waals surface area contributed by atoms with Gasteiger partial charge in [-0.25, -0.2) is 9.97 Å². The fraction of sp³-hybridized carbons (Fsp3) is 0.600. The number of aryl methyl sites for hydroxylation is 2. The van der Waals surface area contributed by atoms with Gasteiger partial charge in [-0.3, -0.25) is 4.90 Å². The summed E-state index contributed by atoms with van der Waals surface area (Å²) in [5, 5.41) is 1.03. The maximum Gasteiger partial charge on any atom is 0.146 e. The lowest BCUT2D eigenvalue weighted by Gasteiger charge is -2.37. The zero-order valence-corrected chi connectivity index (χ0v) is 14.0. The van der Waals surface area contributed by atoms with Crippen molar-refractivity contribution in [2.75, 3.05) is 32.4 Å². The number of thiophene rings is 1. The molecule has 2 aromatic heterocycles. The van der Waals surface area contributed by atoms with E-state index in [1.165, 1.54) is 10.4 Å². The third kappa shape index (κ3) is 2.75. The van der Waals surface area contributed by atoms with Crippen LogP contribution in [0.1, 0.15) is 23.2 Å². The van der Waals surface area contributed by atoms with E-state index in [0.717, 1.165) is 42.2 Å². The average molecular weight is 305 g/mol. The Hall–Kier alpha value is -1.24. The molecule has 2 N–H and O–H groups in total. The van der Waals surface area contributed by atoms with Crippen molar-refractivity contribution >= 4 is 27.4 Å². The Kier molecular flexibility index (Phi) is 3.86. The van der Waals surface area contributed by atoms with Crippen molar-refractivity contribution in [2.45, 2.75) is 33.4 Å². The molecule has 3 heterocycles. The summed E-state index contributed by atoms with van der Waals surface area (Å²) in [6.07, 6.45) is 0. The van der Waals surface area contributed by atoms with Crippen molar-refractivity contribution in [3.63, 3.8) is 0 Å². The van der Waals surface area contributed by atoms with Crippen molar-refractivity contribution in [3.05, 3.63) is 16.3 Å². The highest BCUT2D eigenvalue weighted by molar-refractivity contribution is 7.18. The fourth-order valence-corrected chi connectivity index (χ4v) is 4.05. The summed E-state index contributed by atoms with van der Waals surface area (Å²) in [6, 6.07) is 0.524. The van der Waals surface area contributed by atoms with E-state index in [1.54, 1.807) is 11.3 Å². The van der Waals surface area contributed by atoms with Gasteiger partial charge in [0.2, 0.25) is 0 Å². The molecule has 2 aromatic rings. The third-order valence-electron chi connectivity index (χ3n) is 4.42. The van der Waals surface area contributed by atoms with E-state index in [0.29, 0.717) is 11.9 Å². The van der Waals surface area contributed by atoms with Gasteiger partial charge in [0.15, 0.2) is 0 Å². The monoisotopic (exact) mass is 305 g/mol. The largest absolute Gasteiger partial charge is 0.383 e. The molecule has 1 aliphatic heterocycles. The number of nitrogen functional groups attached to an aromatic ring is 1. The molecule has 1 atom stereocenters. The summed E-state index contributed by atoms with van der Waals surface area (Å²) >= 11 is 1.71. The number of likely N-dealkylation sites (N-methyl/N-ethyl adjacent to an activating group) is 1. The van der Waals surface area contributed by atoms with Crippen molar-refractivity contribution in [1.82, 2.24) is 19.8 Å². The molecule has 5 nitrogen and oxygen atoms in total. The van der Waals surface area contributed by atoms with Crippen LogP contribution in [-0.4, -0.2) is 52.5 Å². The van der Waals surface area contributed by atoms with Crippen molar-refractivity contribution in [1.29, 1.82) is 0 Å². The van der Waals surface area contributed by atoms with Crippen LogP contribution < -0.4 is 5.73 Å². The van der Waals surface area contributed by atoms with Gasteiger partial charge in [0.05, 0.1) is 11.9 Å². The summed E-state index contributed by atoms with van der Waals surface area (Å²) in [5.74, 6) is 1.47. The summed E-state index contributed by atoms with van der Waals surface area (Å²) in [7, 11) is 2.17. The number of aromatic nitrogens is 2. The zero-order chi connectivity index (χ0) is 15.1. The molecule has 114 valence electrons. The molecule has 3 rings (SSSR count). The molecule has 0 saturated carbocycles. The van der Waals surface area contributed by atoms with Crippen molar-refractivity contribution in [3.8, 4) is 0 Å². The normalized spacial score (nSPS) is 21.2. The first kappa shape index (κ1) is 14.7. The Morgan fingerprint density at radius 2 is 2.05 bits per heavy atom. The molecule has 0 bridgehead atoms. The second-order valence-electron chi connectivity index (χ2n) is 6.07. The van der Waals surface area contributed by atoms with Gasteiger partial charge in [-0.2, -0.15) is 0 Å². The van der Waals surface area contributed by atoms with Gasteiger partial charge in [0.1, 0.15) is 16.5 Å². The lowest BCUT2D eigenvalue weighted by atomic mass is 10.2. The van der Waals surface area contributed by atoms with Gasteiger partial charge in [-0.15, -0.1) is 11.3 Å². The first-order chi connectivity index (χ1) is 9.95. The maximum absolute atomic E-state index is 6.16. The Balaban J connectivity index is 1.88. The molecule has 1 unspecified atom stereocenters. The van der Waals surface area contributed by atoms with Gasteiger partial charge in [0, 0.05) is 30.6 Å². The number of hydrogen-bond acceptors (Lipinski definition) is 6. The molecular formula is C15H23N5S. The third-order valence-corrected chi connectivity index (χ3v) is 5.52. The molecule has 6 heteroatoms. The predicted octanol–water partition coefficient (Wildman–Crippen LogP) is 2.03. The Morgan fingerprint density at radius 1 is 1.29 bits per heavy atom. The van der Waals surface area contributed by atoms with Gasteiger partial charge in [-0.1, -0.05) is 0 Å². The van der Waals surface area contributed by atoms with Crippen LogP contribution >= 0.6 is 11.3 Å². The molecule has 1 saturated heterocycles. The van der Waals surface area contributed by atoms with E-state index in [2.05, 4.69) is 42.6 Å². The molecule has 0 amide bonds. The number of hydrogen-bond donors (Lipinski definition) is 1. The van der Waals surface area contributed by atoms with E-state index in [9.17, 15) is 0 Å². The SMILES string of the molecule is Cc1sc2nc(CN3CCN(C)CC3C)nc(N)c2c1C. The van der Waals surface area contributed by atoms with E-state index >= 15 is 0 Å². The number of nitrogens with two attached hydrogens (primary N) is 1. The molecule has 0 radical (unpaired) electrons. The summed E-state index contributed by atoms with van der Waals surface area (Å²) < 4.78 is 0. The van der Waals surface area contributed by atoms with Crippen LogP contribution in [0.15, 0.2) is 0 Å². The molecule has 1 fully saturated rings. The highest BCUT2D eigenvalue weighted by Crippen LogP contribution is 2.32. The molecule has 0 aromatic carbocycles. The van der Waals surface area contributed by atoms with Gasteiger partial charge in [-0.05, 0) is 33.4 Å². The Bertz CT molecular complexity index is 666. The number of piperazine rings is 1. The first-order valence-electron chi connectivity index (χ1n) is 7.40. The fourth-order valence-electron chi connectivity index (χ4n) is 2.99. The highest BCUT2D eigenvalue weighted by atomic mass is 32.1. The maximum atomic E-state index is 6.16. The second kappa shape index (κ2) is 5.51. The number of nitrogens with zero attached hydrogens (tertiary/aromatic N) is 4. The van der Waals surface area contributed by atoms with Crippen molar-refractivity contribution in [2.24, 2.45) is 0 Å². The lowest BCUT2D eigenvalue weighted by molar-refractivity contribution is 0.0916. The van der Waals surface area contributed by atoms with Crippen LogP contribution in [0.25, 0.3) is 10.2 Å². The van der Waals surface area contributed by atoms with Crippen molar-refractivity contribution < 1.29 is 0 Å². The van der Waals surface area contributed by atoms with Crippen LogP contribution in [0.3, 0.4) is 0 Å². The molecule has 0 aliphatic carbocycles. The number of fused-ring (bicyclic) bond motifs is 1. The van der Waals surface area contributed by atoms with E-state index < -0.39 is 0 Å². The van der Waals surface area contributed by atoms with Crippen LogP contribution in [0.4, 0.5) is 5.82 Å². The average Bonchev–Trinajstić information content (AvgIpc) is 2.69. The number of anilines is 1. The summed E-state index contributed by atoms with van der Waals surface area (Å²) in [6.45, 7) is 10.5. The number of rotatable bonds is 2. The predicted molar refractivity (Wildman–Crippen MR) is 88.7 cm³/mol. The quantitative estimate of drug-likeness (QED) is 0.920. The van der Waals surface area contributed by atoms with Gasteiger partial charge >= 0.3 is 0 Å². The lowest BCUT2D eigenvalue weighted by Crippen LogP contribution is -2.50. The Morgan fingerprint density at radius 3 is 2.76 bits per heavy atom. The second-order valence-corrected chi connectivity index (χ2v) is 7.27. The standard InChI is InChI=1S/C15H23N5S/c1-9-7-19(4)5-6-20(9)8-12-17-14(16)13-10(2)11(3)21-15(13)18-12/h9H,5-8H2,1-4H3,(H2,16,17,18). The smallest absolute Gasteiger partial charge is 0.146 e. The van der Waals surface area contributed by atoms with Crippen LogP contribution in [-0.2, 0) is 6.54 Å². The summed E-state index contributed by atoms with van der Waals surface area (Å²) in [5.41, 5.74) is 7.38. The summed E-state index contributed by atoms with van der Waals surface area (Å²) in [4.78, 5) is 16.4. The zero-order valence-electron chi connectivity index (χ0n) is 13.2. The topological polar surface area (TPSA) is 58.3 Å².